The van der Waals surface area contributed by atoms with Crippen LogP contribution in [0.15, 0.2) is 112 Å². The standard InChI is InChI=1S/C24H18N4O2S/c29-22(18-12-6-2-7-13-18)21(28-27-19-14-8-3-9-15-19)23(30)26-24-25-20(16-31-24)17-10-4-1-5-11-17/h1-16,29H,(H,25,26,30). The number of azo groups is 1. The van der Waals surface area contributed by atoms with Crippen molar-refractivity contribution in [1.29, 1.82) is 0 Å². The zero-order chi connectivity index (χ0) is 21.5. The van der Waals surface area contributed by atoms with Gasteiger partial charge >= 0.3 is 0 Å². The summed E-state index contributed by atoms with van der Waals surface area (Å²) in [7, 11) is 0. The zero-order valence-corrected chi connectivity index (χ0v) is 17.2. The van der Waals surface area contributed by atoms with Crippen LogP contribution >= 0.6 is 11.3 Å². The minimum Gasteiger partial charge on any atom is -0.505 e. The van der Waals surface area contributed by atoms with Gasteiger partial charge in [-0.3, -0.25) is 10.1 Å². The highest BCUT2D eigenvalue weighted by atomic mass is 32.1. The van der Waals surface area contributed by atoms with Gasteiger partial charge in [0.2, 0.25) is 0 Å². The van der Waals surface area contributed by atoms with Gasteiger partial charge in [-0.25, -0.2) is 4.98 Å². The first-order valence-corrected chi connectivity index (χ1v) is 10.4. The van der Waals surface area contributed by atoms with Crippen LogP contribution < -0.4 is 5.32 Å². The highest BCUT2D eigenvalue weighted by molar-refractivity contribution is 7.14. The lowest BCUT2D eigenvalue weighted by molar-refractivity contribution is -0.112. The molecule has 1 amide bonds. The van der Waals surface area contributed by atoms with Gasteiger partial charge in [-0.05, 0) is 12.1 Å². The molecule has 0 bridgehead atoms. The number of benzene rings is 3. The number of anilines is 1. The van der Waals surface area contributed by atoms with Gasteiger partial charge in [-0.15, -0.1) is 16.5 Å². The third-order valence-electron chi connectivity index (χ3n) is 4.30. The van der Waals surface area contributed by atoms with Crippen molar-refractivity contribution >= 4 is 33.8 Å². The van der Waals surface area contributed by atoms with E-state index in [1.165, 1.54) is 11.3 Å². The Labute approximate surface area is 183 Å². The normalized spacial score (nSPS) is 11.9. The molecule has 0 aliphatic heterocycles. The number of carbonyl (C=O) groups is 1. The fourth-order valence-electron chi connectivity index (χ4n) is 2.76. The maximum Gasteiger partial charge on any atom is 0.281 e. The van der Waals surface area contributed by atoms with Crippen LogP contribution in [0.1, 0.15) is 5.56 Å². The third kappa shape index (κ3) is 5.09. The number of aliphatic hydroxyl groups is 1. The molecular weight excluding hydrogens is 408 g/mol. The Bertz CT molecular complexity index is 1220. The largest absolute Gasteiger partial charge is 0.505 e. The summed E-state index contributed by atoms with van der Waals surface area (Å²) in [5, 5.41) is 23.9. The topological polar surface area (TPSA) is 86.9 Å². The van der Waals surface area contributed by atoms with Crippen LogP contribution in [0.5, 0.6) is 0 Å². The van der Waals surface area contributed by atoms with E-state index in [-0.39, 0.29) is 11.5 Å². The highest BCUT2D eigenvalue weighted by Gasteiger charge is 2.19. The van der Waals surface area contributed by atoms with Crippen molar-refractivity contribution in [2.75, 3.05) is 5.32 Å². The lowest BCUT2D eigenvalue weighted by Crippen LogP contribution is -2.14. The summed E-state index contributed by atoms with van der Waals surface area (Å²) in [4.78, 5) is 17.4. The highest BCUT2D eigenvalue weighted by Crippen LogP contribution is 2.26. The quantitative estimate of drug-likeness (QED) is 0.211. The zero-order valence-electron chi connectivity index (χ0n) is 16.3. The second-order valence-corrected chi connectivity index (χ2v) is 7.31. The third-order valence-corrected chi connectivity index (χ3v) is 5.06. The second-order valence-electron chi connectivity index (χ2n) is 6.46. The molecule has 3 aromatic carbocycles. The van der Waals surface area contributed by atoms with E-state index >= 15 is 0 Å². The molecule has 0 atom stereocenters. The van der Waals surface area contributed by atoms with E-state index in [1.807, 2.05) is 60.0 Å². The molecule has 0 aliphatic rings. The van der Waals surface area contributed by atoms with Crippen LogP contribution in [0.2, 0.25) is 0 Å². The van der Waals surface area contributed by atoms with Crippen molar-refractivity contribution in [3.8, 4) is 11.3 Å². The molecular formula is C24H18N4O2S. The number of hydrogen-bond acceptors (Lipinski definition) is 6. The van der Waals surface area contributed by atoms with Crippen molar-refractivity contribution in [2.24, 2.45) is 10.2 Å². The summed E-state index contributed by atoms with van der Waals surface area (Å²) < 4.78 is 0. The minimum atomic E-state index is -0.602. The Morgan fingerprint density at radius 3 is 2.16 bits per heavy atom. The van der Waals surface area contributed by atoms with Gasteiger partial charge < -0.3 is 5.11 Å². The number of aliphatic hydroxyl groups excluding tert-OH is 1. The number of nitrogens with one attached hydrogen (secondary N) is 1. The van der Waals surface area contributed by atoms with Crippen LogP contribution in [0, 0.1) is 0 Å². The molecule has 2 N–H and O–H groups in total. The van der Waals surface area contributed by atoms with Crippen LogP contribution in [-0.2, 0) is 4.79 Å². The lowest BCUT2D eigenvalue weighted by atomic mass is 10.1. The molecule has 152 valence electrons. The van der Waals surface area contributed by atoms with Gasteiger partial charge in [-0.1, -0.05) is 78.9 Å². The Kier molecular flexibility index (Phi) is 6.25. The first-order valence-electron chi connectivity index (χ1n) is 9.48. The Morgan fingerprint density at radius 2 is 1.48 bits per heavy atom. The van der Waals surface area contributed by atoms with E-state index < -0.39 is 5.91 Å². The summed E-state index contributed by atoms with van der Waals surface area (Å²) in [6.07, 6.45) is 0. The number of carbonyl (C=O) groups excluding carboxylic acids is 1. The summed E-state index contributed by atoms with van der Waals surface area (Å²) in [6, 6.07) is 27.4. The van der Waals surface area contributed by atoms with E-state index in [0.717, 1.165) is 11.3 Å². The summed E-state index contributed by atoms with van der Waals surface area (Å²) in [6.45, 7) is 0. The number of amides is 1. The molecule has 1 heterocycles. The summed E-state index contributed by atoms with van der Waals surface area (Å²) in [5.41, 5.74) is 2.53. The monoisotopic (exact) mass is 426 g/mol. The first-order chi connectivity index (χ1) is 15.2. The maximum absolute atomic E-state index is 13.0. The van der Waals surface area contributed by atoms with Crippen LogP contribution in [0.4, 0.5) is 10.8 Å². The number of aromatic nitrogens is 1. The summed E-state index contributed by atoms with van der Waals surface area (Å²) in [5.74, 6) is -0.868. The van der Waals surface area contributed by atoms with Crippen LogP contribution in [0.25, 0.3) is 17.0 Å². The molecule has 0 saturated carbocycles. The van der Waals surface area contributed by atoms with Gasteiger partial charge in [-0.2, -0.15) is 5.11 Å². The maximum atomic E-state index is 13.0. The molecule has 4 aromatic rings. The molecule has 0 unspecified atom stereocenters. The molecule has 0 spiro atoms. The number of hydrogen-bond donors (Lipinski definition) is 2. The molecule has 31 heavy (non-hydrogen) atoms. The van der Waals surface area contributed by atoms with Gasteiger partial charge in [0.15, 0.2) is 16.6 Å². The van der Waals surface area contributed by atoms with E-state index in [0.29, 0.717) is 16.4 Å². The predicted molar refractivity (Wildman–Crippen MR) is 123 cm³/mol. The lowest BCUT2D eigenvalue weighted by Gasteiger charge is -2.06. The molecule has 6 nitrogen and oxygen atoms in total. The average Bonchev–Trinajstić information content (AvgIpc) is 3.29. The molecule has 0 fully saturated rings. The van der Waals surface area contributed by atoms with Gasteiger partial charge in [0.25, 0.3) is 5.91 Å². The van der Waals surface area contributed by atoms with Crippen molar-refractivity contribution in [3.05, 3.63) is 108 Å². The summed E-state index contributed by atoms with van der Waals surface area (Å²) >= 11 is 1.29. The fourth-order valence-corrected chi connectivity index (χ4v) is 3.48. The first kappa shape index (κ1) is 20.2. The van der Waals surface area contributed by atoms with E-state index in [4.69, 9.17) is 0 Å². The van der Waals surface area contributed by atoms with Crippen molar-refractivity contribution in [2.45, 2.75) is 0 Å². The Morgan fingerprint density at radius 1 is 0.871 bits per heavy atom. The average molecular weight is 427 g/mol. The Balaban J connectivity index is 1.63. The van der Waals surface area contributed by atoms with Crippen LogP contribution in [0.3, 0.4) is 0 Å². The van der Waals surface area contributed by atoms with Gasteiger partial charge in [0.05, 0.1) is 11.4 Å². The second kappa shape index (κ2) is 9.60. The Hall–Kier alpha value is -4.10. The van der Waals surface area contributed by atoms with E-state index in [9.17, 15) is 9.90 Å². The number of thiazole rings is 1. The molecule has 0 radical (unpaired) electrons. The minimum absolute atomic E-state index is 0.202. The van der Waals surface area contributed by atoms with Crippen molar-refractivity contribution < 1.29 is 9.90 Å². The predicted octanol–water partition coefficient (Wildman–Crippen LogP) is 6.46. The number of rotatable bonds is 6. The van der Waals surface area contributed by atoms with E-state index in [2.05, 4.69) is 20.5 Å². The number of nitrogens with zero attached hydrogens (tertiary/aromatic N) is 3. The fraction of sp³-hybridized carbons (Fsp3) is 0. The molecule has 4 rings (SSSR count). The van der Waals surface area contributed by atoms with Gasteiger partial charge in [0, 0.05) is 16.5 Å². The van der Waals surface area contributed by atoms with Crippen LogP contribution in [-0.4, -0.2) is 16.0 Å². The smallest absolute Gasteiger partial charge is 0.281 e. The van der Waals surface area contributed by atoms with Crippen molar-refractivity contribution in [1.82, 2.24) is 4.98 Å². The molecule has 0 saturated heterocycles. The molecule has 0 aliphatic carbocycles. The molecule has 7 heteroatoms. The SMILES string of the molecule is O=C(Nc1nc(-c2ccccc2)cs1)C(N=Nc1ccccc1)=C(O)c1ccccc1. The molecule has 1 aromatic heterocycles. The van der Waals surface area contributed by atoms with Gasteiger partial charge in [0.1, 0.15) is 0 Å². The van der Waals surface area contributed by atoms with Crippen molar-refractivity contribution in [3.63, 3.8) is 0 Å². The van der Waals surface area contributed by atoms with E-state index in [1.54, 1.807) is 36.4 Å².